The van der Waals surface area contributed by atoms with Gasteiger partial charge in [0, 0.05) is 6.04 Å². The van der Waals surface area contributed by atoms with Crippen LogP contribution in [-0.2, 0) is 4.74 Å². The van der Waals surface area contributed by atoms with E-state index in [9.17, 15) is 4.79 Å². The fraction of sp³-hybridized carbons (Fsp3) is 0.500. The minimum atomic E-state index is -0.313. The van der Waals surface area contributed by atoms with Gasteiger partial charge in [0.2, 0.25) is 0 Å². The van der Waals surface area contributed by atoms with Crippen LogP contribution in [0.2, 0.25) is 0 Å². The standard InChI is InChI=1S/C14H21NO2.ClH/c1-10(2)4-9-13(15)11-5-7-12(8-6-11)14(16)17-3;/h5-8,10,13H,4,9,15H2,1-3H3;1H/t13-;/m1./s1. The summed E-state index contributed by atoms with van der Waals surface area (Å²) in [5.41, 5.74) is 7.72. The van der Waals surface area contributed by atoms with Crippen LogP contribution in [0.3, 0.4) is 0 Å². The summed E-state index contributed by atoms with van der Waals surface area (Å²) >= 11 is 0. The molecule has 0 bridgehead atoms. The summed E-state index contributed by atoms with van der Waals surface area (Å²) in [6, 6.07) is 7.37. The van der Waals surface area contributed by atoms with Crippen LogP contribution in [0.15, 0.2) is 24.3 Å². The summed E-state index contributed by atoms with van der Waals surface area (Å²) in [4.78, 5) is 11.3. The van der Waals surface area contributed by atoms with Crippen molar-refractivity contribution in [3.05, 3.63) is 35.4 Å². The van der Waals surface area contributed by atoms with Gasteiger partial charge in [0.1, 0.15) is 0 Å². The lowest BCUT2D eigenvalue weighted by Gasteiger charge is -2.13. The van der Waals surface area contributed by atoms with Crippen molar-refractivity contribution >= 4 is 18.4 Å². The normalized spacial score (nSPS) is 11.8. The van der Waals surface area contributed by atoms with Crippen LogP contribution in [-0.4, -0.2) is 13.1 Å². The highest BCUT2D eigenvalue weighted by molar-refractivity contribution is 5.89. The number of ether oxygens (including phenoxy) is 1. The molecule has 0 aliphatic rings. The van der Waals surface area contributed by atoms with Gasteiger partial charge in [-0.3, -0.25) is 0 Å². The van der Waals surface area contributed by atoms with Crippen molar-refractivity contribution in [2.45, 2.75) is 32.7 Å². The van der Waals surface area contributed by atoms with Crippen molar-refractivity contribution in [1.29, 1.82) is 0 Å². The zero-order valence-electron chi connectivity index (χ0n) is 11.2. The quantitative estimate of drug-likeness (QED) is 0.836. The predicted molar refractivity (Wildman–Crippen MR) is 76.0 cm³/mol. The Hall–Kier alpha value is -1.06. The maximum absolute atomic E-state index is 11.3. The molecule has 0 saturated carbocycles. The minimum Gasteiger partial charge on any atom is -0.465 e. The summed E-state index contributed by atoms with van der Waals surface area (Å²) in [5, 5.41) is 0. The summed E-state index contributed by atoms with van der Waals surface area (Å²) in [7, 11) is 1.38. The Bertz CT molecular complexity index is 363. The minimum absolute atomic E-state index is 0. The third kappa shape index (κ3) is 5.07. The lowest BCUT2D eigenvalue weighted by Crippen LogP contribution is -2.11. The molecule has 1 atom stereocenters. The van der Waals surface area contributed by atoms with Gasteiger partial charge in [-0.25, -0.2) is 4.79 Å². The fourth-order valence-corrected chi connectivity index (χ4v) is 1.66. The van der Waals surface area contributed by atoms with E-state index < -0.39 is 0 Å². The first-order valence-corrected chi connectivity index (χ1v) is 5.98. The monoisotopic (exact) mass is 271 g/mol. The number of carbonyl (C=O) groups is 1. The molecule has 102 valence electrons. The number of hydrogen-bond donors (Lipinski definition) is 1. The van der Waals surface area contributed by atoms with Gasteiger partial charge < -0.3 is 10.5 Å². The van der Waals surface area contributed by atoms with E-state index in [0.29, 0.717) is 11.5 Å². The summed E-state index contributed by atoms with van der Waals surface area (Å²) in [5.74, 6) is 0.350. The van der Waals surface area contributed by atoms with Crippen molar-refractivity contribution < 1.29 is 9.53 Å². The number of carbonyl (C=O) groups excluding carboxylic acids is 1. The van der Waals surface area contributed by atoms with Crippen LogP contribution >= 0.6 is 12.4 Å². The van der Waals surface area contributed by atoms with Gasteiger partial charge in [-0.05, 0) is 36.5 Å². The highest BCUT2D eigenvalue weighted by Crippen LogP contribution is 2.19. The Kier molecular flexibility index (Phi) is 7.64. The Balaban J connectivity index is 0.00000289. The molecule has 18 heavy (non-hydrogen) atoms. The SMILES string of the molecule is COC(=O)c1ccc([C@H](N)CCC(C)C)cc1.Cl. The number of benzene rings is 1. The van der Waals surface area contributed by atoms with Crippen LogP contribution in [0.25, 0.3) is 0 Å². The maximum Gasteiger partial charge on any atom is 0.337 e. The molecule has 1 aromatic rings. The Labute approximate surface area is 115 Å². The molecule has 0 unspecified atom stereocenters. The summed E-state index contributed by atoms with van der Waals surface area (Å²) < 4.78 is 4.65. The highest BCUT2D eigenvalue weighted by atomic mass is 35.5. The van der Waals surface area contributed by atoms with E-state index in [2.05, 4.69) is 18.6 Å². The van der Waals surface area contributed by atoms with Crippen molar-refractivity contribution in [2.75, 3.05) is 7.11 Å². The smallest absolute Gasteiger partial charge is 0.337 e. The number of methoxy groups -OCH3 is 1. The number of rotatable bonds is 5. The molecule has 0 aliphatic carbocycles. The second-order valence-corrected chi connectivity index (χ2v) is 4.69. The molecular formula is C14H22ClNO2. The number of esters is 1. The van der Waals surface area contributed by atoms with E-state index in [1.54, 1.807) is 12.1 Å². The van der Waals surface area contributed by atoms with E-state index >= 15 is 0 Å². The molecule has 1 rings (SSSR count). The van der Waals surface area contributed by atoms with Crippen molar-refractivity contribution in [2.24, 2.45) is 11.7 Å². The molecule has 0 saturated heterocycles. The topological polar surface area (TPSA) is 52.3 Å². The Morgan fingerprint density at radius 1 is 1.22 bits per heavy atom. The van der Waals surface area contributed by atoms with Gasteiger partial charge in [-0.15, -0.1) is 12.4 Å². The second-order valence-electron chi connectivity index (χ2n) is 4.69. The van der Waals surface area contributed by atoms with E-state index in [0.717, 1.165) is 18.4 Å². The third-order valence-corrected chi connectivity index (χ3v) is 2.81. The molecule has 0 spiro atoms. The van der Waals surface area contributed by atoms with Crippen LogP contribution in [0, 0.1) is 5.92 Å². The average Bonchev–Trinajstić information content (AvgIpc) is 2.35. The summed E-state index contributed by atoms with van der Waals surface area (Å²) in [6.07, 6.45) is 2.08. The lowest BCUT2D eigenvalue weighted by atomic mass is 9.98. The van der Waals surface area contributed by atoms with E-state index in [-0.39, 0.29) is 24.4 Å². The van der Waals surface area contributed by atoms with Crippen LogP contribution in [0.5, 0.6) is 0 Å². The number of nitrogens with two attached hydrogens (primary N) is 1. The second kappa shape index (κ2) is 8.11. The first-order valence-electron chi connectivity index (χ1n) is 5.98. The van der Waals surface area contributed by atoms with Crippen LogP contribution in [0.4, 0.5) is 0 Å². The first-order chi connectivity index (χ1) is 8.04. The van der Waals surface area contributed by atoms with Crippen molar-refractivity contribution in [3.63, 3.8) is 0 Å². The van der Waals surface area contributed by atoms with Gasteiger partial charge in [0.25, 0.3) is 0 Å². The first kappa shape index (κ1) is 16.9. The van der Waals surface area contributed by atoms with Gasteiger partial charge in [-0.2, -0.15) is 0 Å². The molecule has 2 N–H and O–H groups in total. The zero-order valence-corrected chi connectivity index (χ0v) is 12.0. The molecule has 0 aromatic heterocycles. The fourth-order valence-electron chi connectivity index (χ4n) is 1.66. The third-order valence-electron chi connectivity index (χ3n) is 2.81. The molecule has 0 radical (unpaired) electrons. The predicted octanol–water partition coefficient (Wildman–Crippen LogP) is 3.33. The van der Waals surface area contributed by atoms with E-state index in [1.807, 2.05) is 12.1 Å². The van der Waals surface area contributed by atoms with Crippen LogP contribution in [0.1, 0.15) is 48.7 Å². The zero-order chi connectivity index (χ0) is 12.8. The van der Waals surface area contributed by atoms with E-state index in [4.69, 9.17) is 5.73 Å². The molecule has 3 nitrogen and oxygen atoms in total. The Morgan fingerprint density at radius 3 is 2.22 bits per heavy atom. The van der Waals surface area contributed by atoms with Gasteiger partial charge in [0.05, 0.1) is 12.7 Å². The van der Waals surface area contributed by atoms with Gasteiger partial charge >= 0.3 is 5.97 Å². The van der Waals surface area contributed by atoms with Crippen molar-refractivity contribution in [3.8, 4) is 0 Å². The molecule has 0 heterocycles. The van der Waals surface area contributed by atoms with Gasteiger partial charge in [-0.1, -0.05) is 26.0 Å². The number of halogens is 1. The Morgan fingerprint density at radius 2 is 1.78 bits per heavy atom. The molecule has 1 aromatic carbocycles. The average molecular weight is 272 g/mol. The molecule has 0 aliphatic heterocycles. The number of hydrogen-bond acceptors (Lipinski definition) is 3. The maximum atomic E-state index is 11.3. The van der Waals surface area contributed by atoms with Crippen LogP contribution < -0.4 is 5.73 Å². The highest BCUT2D eigenvalue weighted by Gasteiger charge is 2.09. The molecular weight excluding hydrogens is 250 g/mol. The van der Waals surface area contributed by atoms with E-state index in [1.165, 1.54) is 7.11 Å². The van der Waals surface area contributed by atoms with Gasteiger partial charge in [0.15, 0.2) is 0 Å². The molecule has 0 fully saturated rings. The lowest BCUT2D eigenvalue weighted by molar-refractivity contribution is 0.0600. The molecule has 4 heteroatoms. The summed E-state index contributed by atoms with van der Waals surface area (Å²) in [6.45, 7) is 4.38. The largest absolute Gasteiger partial charge is 0.465 e. The molecule has 0 amide bonds. The van der Waals surface area contributed by atoms with Crippen molar-refractivity contribution in [1.82, 2.24) is 0 Å².